The standard InChI is InChI=1S/C34H44O19/c1-14-24(41)26(43)28(45)34(50-14)53-31-29(46)33(47-9-8-16-3-6-18(36)20(38)11-16)51-22(13-49-32-27(44)25(42)21(39)12-48-32)30(31)52-23(40)7-4-15-2-5-17(35)19(37)10-15/h2-7,10-11,14,21-22,24-39,41-46H,8-9,12-13H2,1H3/t14-,21+,22+,24-,25-,26+,27+,28+,29+,30+,31+,32+,33+,34-/m0/s1. The summed E-state index contributed by atoms with van der Waals surface area (Å²) in [5, 5.41) is 112. The molecule has 19 nitrogen and oxygen atoms in total. The lowest BCUT2D eigenvalue weighted by Crippen LogP contribution is -2.65. The molecule has 3 saturated heterocycles. The zero-order chi connectivity index (χ0) is 38.6. The van der Waals surface area contributed by atoms with Crippen molar-refractivity contribution >= 4 is 12.0 Å². The Morgan fingerprint density at radius 2 is 1.42 bits per heavy atom. The minimum absolute atomic E-state index is 0.136. The highest BCUT2D eigenvalue weighted by molar-refractivity contribution is 5.87. The number of phenols is 4. The lowest BCUT2D eigenvalue weighted by atomic mass is 9.96. The summed E-state index contributed by atoms with van der Waals surface area (Å²) >= 11 is 0. The molecule has 3 aliphatic rings. The fourth-order valence-electron chi connectivity index (χ4n) is 5.86. The summed E-state index contributed by atoms with van der Waals surface area (Å²) in [5.74, 6) is -2.62. The molecule has 3 aliphatic heterocycles. The van der Waals surface area contributed by atoms with Crippen LogP contribution in [0.15, 0.2) is 42.5 Å². The predicted molar refractivity (Wildman–Crippen MR) is 174 cm³/mol. The number of carbonyl (C=O) groups excluding carboxylic acids is 1. The number of hydrogen-bond acceptors (Lipinski definition) is 19. The van der Waals surface area contributed by atoms with Gasteiger partial charge in [0, 0.05) is 6.08 Å². The Morgan fingerprint density at radius 1 is 0.736 bits per heavy atom. The number of benzene rings is 2. The van der Waals surface area contributed by atoms with Crippen LogP contribution in [0.4, 0.5) is 0 Å². The maximum absolute atomic E-state index is 13.2. The minimum Gasteiger partial charge on any atom is -0.504 e. The first-order valence-corrected chi connectivity index (χ1v) is 16.6. The molecule has 0 saturated carbocycles. The van der Waals surface area contributed by atoms with Crippen molar-refractivity contribution in [1.29, 1.82) is 0 Å². The normalized spacial score (nSPS) is 36.4. The number of phenolic OH excluding ortho intramolecular Hbond substituents is 4. The molecule has 0 amide bonds. The van der Waals surface area contributed by atoms with E-state index in [0.717, 1.165) is 6.08 Å². The molecule has 19 heteroatoms. The number of aromatic hydroxyl groups is 4. The van der Waals surface area contributed by atoms with E-state index in [-0.39, 0.29) is 30.1 Å². The Bertz CT molecular complexity index is 1560. The lowest BCUT2D eigenvalue weighted by Gasteiger charge is -2.47. The van der Waals surface area contributed by atoms with Gasteiger partial charge >= 0.3 is 5.97 Å². The average molecular weight is 757 g/mol. The van der Waals surface area contributed by atoms with Gasteiger partial charge in [0.1, 0.15) is 54.9 Å². The molecule has 2 aromatic rings. The molecule has 0 aromatic heterocycles. The third-order valence-electron chi connectivity index (χ3n) is 8.97. The highest BCUT2D eigenvalue weighted by Gasteiger charge is 2.53. The van der Waals surface area contributed by atoms with Crippen LogP contribution in [0, 0.1) is 0 Å². The molecule has 0 unspecified atom stereocenters. The fourth-order valence-corrected chi connectivity index (χ4v) is 5.86. The van der Waals surface area contributed by atoms with E-state index in [0.29, 0.717) is 5.56 Å². The molecule has 14 atom stereocenters. The molecule has 0 spiro atoms. The van der Waals surface area contributed by atoms with Gasteiger partial charge < -0.3 is 89.3 Å². The number of carbonyl (C=O) groups is 1. The van der Waals surface area contributed by atoms with E-state index in [1.807, 2.05) is 0 Å². The first kappa shape index (κ1) is 40.5. The maximum Gasteiger partial charge on any atom is 0.331 e. The number of aliphatic hydroxyl groups excluding tert-OH is 7. The van der Waals surface area contributed by atoms with Gasteiger partial charge in [-0.25, -0.2) is 4.79 Å². The number of rotatable bonds is 12. The van der Waals surface area contributed by atoms with Crippen molar-refractivity contribution in [3.8, 4) is 23.0 Å². The van der Waals surface area contributed by atoms with Crippen molar-refractivity contribution in [2.24, 2.45) is 0 Å². The Kier molecular flexibility index (Phi) is 13.5. The van der Waals surface area contributed by atoms with Gasteiger partial charge in [-0.05, 0) is 54.8 Å². The topological polar surface area (TPSA) is 304 Å². The van der Waals surface area contributed by atoms with Crippen LogP contribution in [0.1, 0.15) is 18.1 Å². The fraction of sp³-hybridized carbons (Fsp3) is 0.559. The summed E-state index contributed by atoms with van der Waals surface area (Å²) in [7, 11) is 0. The Labute approximate surface area is 302 Å². The minimum atomic E-state index is -1.86. The summed E-state index contributed by atoms with van der Waals surface area (Å²) in [6.07, 6.45) is -20.0. The smallest absolute Gasteiger partial charge is 0.331 e. The lowest BCUT2D eigenvalue weighted by molar-refractivity contribution is -0.362. The van der Waals surface area contributed by atoms with Crippen LogP contribution in [-0.2, 0) is 44.4 Å². The quantitative estimate of drug-likeness (QED) is 0.0603. The molecule has 3 fully saturated rings. The molecule has 0 bridgehead atoms. The van der Waals surface area contributed by atoms with Gasteiger partial charge in [-0.1, -0.05) is 12.1 Å². The van der Waals surface area contributed by atoms with Gasteiger partial charge in [-0.2, -0.15) is 0 Å². The Hall–Kier alpha value is -3.67. The van der Waals surface area contributed by atoms with Crippen molar-refractivity contribution in [2.75, 3.05) is 19.8 Å². The molecular formula is C34H44O19. The summed E-state index contributed by atoms with van der Waals surface area (Å²) in [5.41, 5.74) is 0.813. The molecule has 0 aliphatic carbocycles. The van der Waals surface area contributed by atoms with Gasteiger partial charge in [-0.3, -0.25) is 0 Å². The average Bonchev–Trinajstić information content (AvgIpc) is 3.13. The third kappa shape index (κ3) is 9.72. The van der Waals surface area contributed by atoms with Gasteiger partial charge in [0.25, 0.3) is 0 Å². The van der Waals surface area contributed by atoms with Gasteiger partial charge in [0.05, 0.1) is 25.9 Å². The van der Waals surface area contributed by atoms with Crippen LogP contribution < -0.4 is 0 Å². The van der Waals surface area contributed by atoms with E-state index in [2.05, 4.69) is 0 Å². The number of aliphatic hydroxyl groups is 7. The predicted octanol–water partition coefficient (Wildman–Crippen LogP) is -2.55. The molecule has 0 radical (unpaired) electrons. The second-order valence-corrected chi connectivity index (χ2v) is 12.8. The number of ether oxygens (including phenoxy) is 7. The van der Waals surface area contributed by atoms with E-state index in [1.54, 1.807) is 0 Å². The third-order valence-corrected chi connectivity index (χ3v) is 8.97. The molecule has 2 aromatic carbocycles. The van der Waals surface area contributed by atoms with Gasteiger partial charge in [0.15, 0.2) is 48.0 Å². The highest BCUT2D eigenvalue weighted by atomic mass is 16.8. The second-order valence-electron chi connectivity index (χ2n) is 12.8. The van der Waals surface area contributed by atoms with Crippen LogP contribution in [0.25, 0.3) is 6.08 Å². The first-order valence-electron chi connectivity index (χ1n) is 16.6. The van der Waals surface area contributed by atoms with E-state index in [4.69, 9.17) is 33.2 Å². The van der Waals surface area contributed by atoms with Crippen LogP contribution in [0.2, 0.25) is 0 Å². The Balaban J connectivity index is 1.42. The SMILES string of the molecule is C[C@@H]1O[C@@H](O[C@@H]2[C@@H](O)[C@H](OCCc3ccc(O)c(O)c3)O[C@H](CO[C@H]3OC[C@@H](O)[C@H](O)[C@H]3O)[C@H]2OC(=O)C=Cc2ccc(O)c(O)c2)[C@H](O)[C@H](O)[C@H]1O. The molecule has 294 valence electrons. The summed E-state index contributed by atoms with van der Waals surface area (Å²) in [6.45, 7) is 0.237. The first-order chi connectivity index (χ1) is 25.1. The number of esters is 1. The molecular weight excluding hydrogens is 712 g/mol. The molecule has 5 rings (SSSR count). The van der Waals surface area contributed by atoms with Crippen molar-refractivity contribution in [3.63, 3.8) is 0 Å². The van der Waals surface area contributed by atoms with Crippen LogP contribution in [0.5, 0.6) is 23.0 Å². The largest absolute Gasteiger partial charge is 0.504 e. The second kappa shape index (κ2) is 17.6. The zero-order valence-corrected chi connectivity index (χ0v) is 28.2. The highest BCUT2D eigenvalue weighted by Crippen LogP contribution is 2.33. The van der Waals surface area contributed by atoms with Crippen molar-refractivity contribution < 1.29 is 94.1 Å². The maximum atomic E-state index is 13.2. The molecule has 3 heterocycles. The van der Waals surface area contributed by atoms with E-state index < -0.39 is 117 Å². The van der Waals surface area contributed by atoms with Gasteiger partial charge in [0.2, 0.25) is 0 Å². The molecule has 53 heavy (non-hydrogen) atoms. The van der Waals surface area contributed by atoms with E-state index in [1.165, 1.54) is 49.4 Å². The summed E-state index contributed by atoms with van der Waals surface area (Å²) in [4.78, 5) is 13.2. The van der Waals surface area contributed by atoms with E-state index >= 15 is 0 Å². The van der Waals surface area contributed by atoms with Crippen molar-refractivity contribution in [3.05, 3.63) is 53.6 Å². The Morgan fingerprint density at radius 3 is 2.11 bits per heavy atom. The number of hydrogen-bond donors (Lipinski definition) is 11. The zero-order valence-electron chi connectivity index (χ0n) is 28.2. The van der Waals surface area contributed by atoms with Crippen LogP contribution >= 0.6 is 0 Å². The summed E-state index contributed by atoms with van der Waals surface area (Å²) < 4.78 is 40.1. The van der Waals surface area contributed by atoms with Gasteiger partial charge in [-0.15, -0.1) is 0 Å². The summed E-state index contributed by atoms with van der Waals surface area (Å²) in [6, 6.07) is 7.83. The van der Waals surface area contributed by atoms with Crippen LogP contribution in [-0.4, -0.2) is 168 Å². The van der Waals surface area contributed by atoms with Crippen molar-refractivity contribution in [2.45, 2.75) is 99.4 Å². The van der Waals surface area contributed by atoms with E-state index in [9.17, 15) is 61.0 Å². The van der Waals surface area contributed by atoms with Crippen molar-refractivity contribution in [1.82, 2.24) is 0 Å². The van der Waals surface area contributed by atoms with Crippen LogP contribution in [0.3, 0.4) is 0 Å². The monoisotopic (exact) mass is 756 g/mol. The molecule has 11 N–H and O–H groups in total.